The second-order valence-electron chi connectivity index (χ2n) is 6.73. The monoisotopic (exact) mass is 402 g/mol. The summed E-state index contributed by atoms with van der Waals surface area (Å²) in [4.78, 5) is 0.505. The molecule has 0 saturated heterocycles. The summed E-state index contributed by atoms with van der Waals surface area (Å²) in [7, 11) is -7.41. The number of sulfone groups is 2. The van der Waals surface area contributed by atoms with E-state index in [1.807, 2.05) is 20.8 Å². The minimum absolute atomic E-state index is 0.0138. The van der Waals surface area contributed by atoms with Gasteiger partial charge in [0.2, 0.25) is 9.84 Å². The first kappa shape index (κ1) is 20.1. The molecule has 25 heavy (non-hydrogen) atoms. The molecule has 1 aromatic heterocycles. The summed E-state index contributed by atoms with van der Waals surface area (Å²) >= 11 is 0.980. The van der Waals surface area contributed by atoms with Gasteiger partial charge in [0.1, 0.15) is 4.21 Å². The predicted molar refractivity (Wildman–Crippen MR) is 98.6 cm³/mol. The predicted octanol–water partition coefficient (Wildman–Crippen LogP) is 3.16. The standard InChI is InChI=1S/C17H22O5S3/c1-5-24(19,20)14-8-12(17(2,3)4)9-15(10-14)25(21,22)16-7-6-13(11-18)23-16/h6-10,18H,5,11H2,1-4H3. The molecule has 5 nitrogen and oxygen atoms in total. The zero-order valence-electron chi connectivity index (χ0n) is 14.6. The molecule has 0 spiro atoms. The van der Waals surface area contributed by atoms with Crippen LogP contribution in [0.2, 0.25) is 0 Å². The van der Waals surface area contributed by atoms with E-state index in [0.717, 1.165) is 11.3 Å². The highest BCUT2D eigenvalue weighted by atomic mass is 32.2. The Bertz CT molecular complexity index is 978. The van der Waals surface area contributed by atoms with Crippen LogP contribution in [0.5, 0.6) is 0 Å². The fourth-order valence-corrected chi connectivity index (χ4v) is 5.92. The van der Waals surface area contributed by atoms with E-state index in [-0.39, 0.29) is 26.4 Å². The third-order valence-corrected chi connectivity index (χ3v) is 8.86. The normalized spacial score (nSPS) is 13.2. The molecule has 0 aliphatic carbocycles. The van der Waals surface area contributed by atoms with Crippen LogP contribution in [0, 0.1) is 0 Å². The average molecular weight is 403 g/mol. The van der Waals surface area contributed by atoms with Gasteiger partial charge in [-0.3, -0.25) is 0 Å². The Morgan fingerprint density at radius 3 is 2.08 bits per heavy atom. The molecular weight excluding hydrogens is 380 g/mol. The van der Waals surface area contributed by atoms with Crippen LogP contribution in [0.15, 0.2) is 44.3 Å². The highest BCUT2D eigenvalue weighted by Crippen LogP contribution is 2.33. The second-order valence-corrected chi connectivity index (χ2v) is 12.4. The van der Waals surface area contributed by atoms with Crippen LogP contribution >= 0.6 is 11.3 Å². The van der Waals surface area contributed by atoms with Gasteiger partial charge in [-0.15, -0.1) is 11.3 Å². The first-order valence-corrected chi connectivity index (χ1v) is 11.7. The molecular formula is C17H22O5S3. The first-order valence-electron chi connectivity index (χ1n) is 7.75. The molecule has 8 heteroatoms. The Balaban J connectivity index is 2.74. The molecule has 0 atom stereocenters. The van der Waals surface area contributed by atoms with Gasteiger partial charge < -0.3 is 5.11 Å². The van der Waals surface area contributed by atoms with Crippen LogP contribution < -0.4 is 0 Å². The maximum absolute atomic E-state index is 12.9. The molecule has 0 saturated carbocycles. The largest absolute Gasteiger partial charge is 0.391 e. The molecule has 2 rings (SSSR count). The number of rotatable bonds is 5. The van der Waals surface area contributed by atoms with Crippen LogP contribution in [0.4, 0.5) is 0 Å². The summed E-state index contributed by atoms with van der Waals surface area (Å²) in [6.07, 6.45) is 0. The van der Waals surface area contributed by atoms with Crippen LogP contribution in [-0.4, -0.2) is 27.7 Å². The lowest BCUT2D eigenvalue weighted by Crippen LogP contribution is -2.15. The van der Waals surface area contributed by atoms with E-state index in [0.29, 0.717) is 10.4 Å². The van der Waals surface area contributed by atoms with E-state index in [1.54, 1.807) is 12.1 Å². The van der Waals surface area contributed by atoms with Gasteiger partial charge in [0.25, 0.3) is 0 Å². The van der Waals surface area contributed by atoms with E-state index >= 15 is 0 Å². The van der Waals surface area contributed by atoms with Gasteiger partial charge in [-0.25, -0.2) is 16.8 Å². The van der Waals surface area contributed by atoms with Gasteiger partial charge in [-0.2, -0.15) is 0 Å². The number of hydrogen-bond acceptors (Lipinski definition) is 6. The summed E-state index contributed by atoms with van der Waals surface area (Å²) in [5.41, 5.74) is 0.231. The number of aliphatic hydroxyl groups is 1. The number of benzene rings is 1. The Morgan fingerprint density at radius 1 is 1.00 bits per heavy atom. The smallest absolute Gasteiger partial charge is 0.216 e. The summed E-state index contributed by atoms with van der Waals surface area (Å²) in [6, 6.07) is 7.29. The van der Waals surface area contributed by atoms with E-state index in [1.165, 1.54) is 25.1 Å². The molecule has 0 radical (unpaired) electrons. The van der Waals surface area contributed by atoms with Crippen molar-refractivity contribution in [3.63, 3.8) is 0 Å². The summed E-state index contributed by atoms with van der Waals surface area (Å²) < 4.78 is 50.6. The minimum atomic E-state index is -3.86. The molecule has 0 amide bonds. The Kier molecular flexibility index (Phi) is 5.49. The quantitative estimate of drug-likeness (QED) is 0.830. The van der Waals surface area contributed by atoms with Crippen LogP contribution in [0.25, 0.3) is 0 Å². The van der Waals surface area contributed by atoms with Gasteiger partial charge in [0, 0.05) is 4.88 Å². The third kappa shape index (κ3) is 4.13. The van der Waals surface area contributed by atoms with E-state index < -0.39 is 25.1 Å². The van der Waals surface area contributed by atoms with Crippen molar-refractivity contribution in [1.29, 1.82) is 0 Å². The molecule has 138 valence electrons. The summed E-state index contributed by atoms with van der Waals surface area (Å²) in [5, 5.41) is 9.16. The van der Waals surface area contributed by atoms with Crippen LogP contribution in [-0.2, 0) is 31.7 Å². The third-order valence-electron chi connectivity index (χ3n) is 3.85. The molecule has 1 heterocycles. The van der Waals surface area contributed by atoms with E-state index in [9.17, 15) is 16.8 Å². The molecule has 0 aliphatic rings. The Labute approximate surface area is 153 Å². The van der Waals surface area contributed by atoms with Crippen molar-refractivity contribution in [3.05, 3.63) is 40.8 Å². The average Bonchev–Trinajstić information content (AvgIpc) is 3.03. The summed E-state index contributed by atoms with van der Waals surface area (Å²) in [6.45, 7) is 6.99. The molecule has 1 N–H and O–H groups in total. The lowest BCUT2D eigenvalue weighted by molar-refractivity contribution is 0.285. The Morgan fingerprint density at radius 2 is 1.60 bits per heavy atom. The maximum Gasteiger partial charge on any atom is 0.216 e. The van der Waals surface area contributed by atoms with Crippen molar-refractivity contribution >= 4 is 31.0 Å². The zero-order valence-corrected chi connectivity index (χ0v) is 17.1. The van der Waals surface area contributed by atoms with E-state index in [4.69, 9.17) is 5.11 Å². The van der Waals surface area contributed by atoms with Crippen LogP contribution in [0.1, 0.15) is 38.1 Å². The zero-order chi connectivity index (χ0) is 19.0. The topological polar surface area (TPSA) is 88.5 Å². The number of aliphatic hydroxyl groups excluding tert-OH is 1. The summed E-state index contributed by atoms with van der Waals surface area (Å²) in [5.74, 6) is -0.103. The number of hydrogen-bond donors (Lipinski definition) is 1. The maximum atomic E-state index is 12.9. The molecule has 0 aliphatic heterocycles. The SMILES string of the molecule is CCS(=O)(=O)c1cc(C(C)(C)C)cc(S(=O)(=O)c2ccc(CO)s2)c1. The second kappa shape index (κ2) is 6.83. The van der Waals surface area contributed by atoms with E-state index in [2.05, 4.69) is 0 Å². The fourth-order valence-electron chi connectivity index (χ4n) is 2.21. The molecule has 0 fully saturated rings. The van der Waals surface area contributed by atoms with Crippen molar-refractivity contribution in [1.82, 2.24) is 0 Å². The van der Waals surface area contributed by atoms with Crippen molar-refractivity contribution in [2.24, 2.45) is 0 Å². The lowest BCUT2D eigenvalue weighted by atomic mass is 9.87. The highest BCUT2D eigenvalue weighted by Gasteiger charge is 2.26. The lowest BCUT2D eigenvalue weighted by Gasteiger charge is -2.21. The van der Waals surface area contributed by atoms with Crippen molar-refractivity contribution < 1.29 is 21.9 Å². The first-order chi connectivity index (χ1) is 11.4. The van der Waals surface area contributed by atoms with Crippen LogP contribution in [0.3, 0.4) is 0 Å². The van der Waals surface area contributed by atoms with Crippen molar-refractivity contribution in [3.8, 4) is 0 Å². The van der Waals surface area contributed by atoms with Gasteiger partial charge in [-0.05, 0) is 41.3 Å². The minimum Gasteiger partial charge on any atom is -0.391 e. The van der Waals surface area contributed by atoms with Gasteiger partial charge in [-0.1, -0.05) is 27.7 Å². The van der Waals surface area contributed by atoms with Gasteiger partial charge in [0.05, 0.1) is 22.2 Å². The highest BCUT2D eigenvalue weighted by molar-refractivity contribution is 7.93. The molecule has 2 aromatic rings. The molecule has 1 aromatic carbocycles. The molecule has 0 unspecified atom stereocenters. The van der Waals surface area contributed by atoms with Gasteiger partial charge >= 0.3 is 0 Å². The van der Waals surface area contributed by atoms with Gasteiger partial charge in [0.15, 0.2) is 9.84 Å². The molecule has 0 bridgehead atoms. The Hall–Kier alpha value is -1.22. The fraction of sp³-hybridized carbons (Fsp3) is 0.412. The van der Waals surface area contributed by atoms with Crippen molar-refractivity contribution in [2.75, 3.05) is 5.75 Å². The van der Waals surface area contributed by atoms with Crippen molar-refractivity contribution in [2.45, 2.75) is 53.7 Å². The number of thiophene rings is 1.